The molecule has 298 valence electrons. The standard InChI is InChI=1S/C44H44F3N3O7/c1-4-18-50-19-12-11-17-31(50)28-22-32(55-23-25-13-7-5-8-14-25)34-29(36(28)44(45,46)47)20-27-21-30-37(49(2)3)39-35(41(53)43(30,54)40(52)33(27)38(34)51)42(48-57-39)56-24-26-15-9-6-10-16-26/h4-10,13-16,22,27,30-31,33,37,54H,1,11-12,17-21,23-24H2,2-3H3. The molecule has 3 aromatic carbocycles. The predicted octanol–water partition coefficient (Wildman–Crippen LogP) is 7.35. The molecule has 0 radical (unpaired) electrons. The first-order valence-electron chi connectivity index (χ1n) is 19.3. The molecule has 0 amide bonds. The van der Waals surface area contributed by atoms with Crippen molar-refractivity contribution in [2.75, 3.05) is 27.2 Å². The number of halogens is 3. The maximum atomic E-state index is 15.6. The summed E-state index contributed by atoms with van der Waals surface area (Å²) in [6, 6.07) is 17.9. The van der Waals surface area contributed by atoms with Crippen LogP contribution in [0.4, 0.5) is 13.2 Å². The number of alkyl halides is 3. The number of hydrogen-bond acceptors (Lipinski definition) is 10. The summed E-state index contributed by atoms with van der Waals surface area (Å²) in [5, 5.41) is 16.5. The number of likely N-dealkylation sites (tertiary alicyclic amines) is 1. The lowest BCUT2D eigenvalue weighted by molar-refractivity contribution is -0.154. The molecule has 4 aromatic rings. The molecule has 6 atom stereocenters. The Morgan fingerprint density at radius 2 is 1.67 bits per heavy atom. The Labute approximate surface area is 328 Å². The van der Waals surface area contributed by atoms with E-state index in [0.29, 0.717) is 25.9 Å². The fraction of sp³-hybridized carbons (Fsp3) is 0.409. The second-order valence-electron chi connectivity index (χ2n) is 15.8. The van der Waals surface area contributed by atoms with Gasteiger partial charge in [0.2, 0.25) is 5.78 Å². The summed E-state index contributed by atoms with van der Waals surface area (Å²) in [4.78, 5) is 47.9. The van der Waals surface area contributed by atoms with Gasteiger partial charge in [0, 0.05) is 18.5 Å². The molecule has 3 aliphatic carbocycles. The van der Waals surface area contributed by atoms with Gasteiger partial charge in [-0.1, -0.05) is 73.2 Å². The van der Waals surface area contributed by atoms with Gasteiger partial charge >= 0.3 is 6.18 Å². The predicted molar refractivity (Wildman–Crippen MR) is 202 cm³/mol. The smallest absolute Gasteiger partial charge is 0.417 e. The van der Waals surface area contributed by atoms with Gasteiger partial charge in [-0.3, -0.25) is 24.2 Å². The third kappa shape index (κ3) is 6.59. The summed E-state index contributed by atoms with van der Waals surface area (Å²) in [7, 11) is 3.36. The van der Waals surface area contributed by atoms with Crippen molar-refractivity contribution in [2.45, 2.75) is 69.2 Å². The second kappa shape index (κ2) is 15.0. The van der Waals surface area contributed by atoms with Gasteiger partial charge in [0.1, 0.15) is 24.5 Å². The van der Waals surface area contributed by atoms with Crippen molar-refractivity contribution < 1.29 is 46.7 Å². The van der Waals surface area contributed by atoms with E-state index in [-0.39, 0.29) is 65.7 Å². The van der Waals surface area contributed by atoms with Crippen LogP contribution < -0.4 is 9.47 Å². The van der Waals surface area contributed by atoms with Crippen molar-refractivity contribution >= 4 is 17.3 Å². The van der Waals surface area contributed by atoms with E-state index in [1.807, 2.05) is 41.3 Å². The Kier molecular flexibility index (Phi) is 10.2. The number of hydrogen-bond donors (Lipinski definition) is 1. The fourth-order valence-electron chi connectivity index (χ4n) is 9.73. The lowest BCUT2D eigenvalue weighted by atomic mass is 9.54. The first-order valence-corrected chi connectivity index (χ1v) is 19.3. The molecule has 1 N–H and O–H groups in total. The monoisotopic (exact) mass is 783 g/mol. The maximum absolute atomic E-state index is 15.6. The first kappa shape index (κ1) is 38.7. The van der Waals surface area contributed by atoms with Crippen molar-refractivity contribution in [1.82, 2.24) is 15.0 Å². The van der Waals surface area contributed by atoms with Crippen molar-refractivity contribution in [2.24, 2.45) is 17.8 Å². The molecule has 1 saturated carbocycles. The van der Waals surface area contributed by atoms with Crippen molar-refractivity contribution in [3.8, 4) is 11.6 Å². The van der Waals surface area contributed by atoms with Crippen molar-refractivity contribution in [3.63, 3.8) is 0 Å². The average Bonchev–Trinajstić information content (AvgIpc) is 3.61. The highest BCUT2D eigenvalue weighted by Gasteiger charge is 2.67. The van der Waals surface area contributed by atoms with Crippen LogP contribution in [-0.2, 0) is 30.6 Å². The largest absolute Gasteiger partial charge is 0.488 e. The molecule has 0 bridgehead atoms. The molecule has 57 heavy (non-hydrogen) atoms. The zero-order chi connectivity index (χ0) is 40.2. The van der Waals surface area contributed by atoms with E-state index in [9.17, 15) is 19.5 Å². The summed E-state index contributed by atoms with van der Waals surface area (Å²) in [6.07, 6.45) is -1.61. The number of carbonyl (C=O) groups excluding carboxylic acids is 3. The van der Waals surface area contributed by atoms with E-state index in [4.69, 9.17) is 14.0 Å². The molecular weight excluding hydrogens is 739 g/mol. The molecule has 0 spiro atoms. The average molecular weight is 784 g/mol. The summed E-state index contributed by atoms with van der Waals surface area (Å²) < 4.78 is 64.8. The topological polar surface area (TPSA) is 122 Å². The lowest BCUT2D eigenvalue weighted by Crippen LogP contribution is -2.66. The number of ketones is 3. The summed E-state index contributed by atoms with van der Waals surface area (Å²) in [6.45, 7) is 4.75. The number of ether oxygens (including phenoxy) is 2. The zero-order valence-electron chi connectivity index (χ0n) is 31.8. The molecule has 6 unspecified atom stereocenters. The number of rotatable bonds is 10. The van der Waals surface area contributed by atoms with E-state index in [2.05, 4.69) is 11.7 Å². The first-order chi connectivity index (χ1) is 27.3. The minimum Gasteiger partial charge on any atom is -0.488 e. The number of aromatic nitrogens is 1. The number of benzene rings is 3. The maximum Gasteiger partial charge on any atom is 0.417 e. The molecule has 13 heteroatoms. The number of aliphatic hydroxyl groups is 1. The zero-order valence-corrected chi connectivity index (χ0v) is 31.8. The Balaban J connectivity index is 1.24. The number of piperidine rings is 1. The minimum absolute atomic E-state index is 0.0109. The van der Waals surface area contributed by atoms with Gasteiger partial charge in [-0.15, -0.1) is 6.58 Å². The van der Waals surface area contributed by atoms with E-state index < -0.39 is 64.5 Å². The highest BCUT2D eigenvalue weighted by molar-refractivity contribution is 6.27. The van der Waals surface area contributed by atoms with Gasteiger partial charge in [-0.2, -0.15) is 13.2 Å². The summed E-state index contributed by atoms with van der Waals surface area (Å²) >= 11 is 0. The molecule has 8 rings (SSSR count). The van der Waals surface area contributed by atoms with Gasteiger partial charge < -0.3 is 19.1 Å². The van der Waals surface area contributed by atoms with Gasteiger partial charge in [-0.25, -0.2) is 0 Å². The van der Waals surface area contributed by atoms with Crippen LogP contribution in [0.3, 0.4) is 0 Å². The van der Waals surface area contributed by atoms with Crippen LogP contribution in [0, 0.1) is 17.8 Å². The lowest BCUT2D eigenvalue weighted by Gasteiger charge is -2.51. The molecule has 1 saturated heterocycles. The van der Waals surface area contributed by atoms with Crippen LogP contribution in [0.2, 0.25) is 0 Å². The van der Waals surface area contributed by atoms with Crippen molar-refractivity contribution in [3.05, 3.63) is 124 Å². The number of nitrogens with zero attached hydrogens (tertiary/aromatic N) is 3. The third-order valence-corrected chi connectivity index (χ3v) is 12.2. The van der Waals surface area contributed by atoms with E-state index >= 15 is 13.2 Å². The van der Waals surface area contributed by atoms with Gasteiger partial charge in [0.25, 0.3) is 5.88 Å². The quantitative estimate of drug-likeness (QED) is 0.129. The Morgan fingerprint density at radius 1 is 1.00 bits per heavy atom. The number of Topliss-reactive ketones (excluding diaryl/α,β-unsaturated/α-hetero) is 3. The molecule has 4 aliphatic rings. The third-order valence-electron chi connectivity index (χ3n) is 12.2. The molecule has 1 aromatic heterocycles. The summed E-state index contributed by atoms with van der Waals surface area (Å²) in [5.41, 5.74) is -2.87. The number of carbonyl (C=O) groups is 3. The molecule has 1 aliphatic heterocycles. The normalized spacial score (nSPS) is 26.0. The second-order valence-corrected chi connectivity index (χ2v) is 15.8. The Bertz CT molecular complexity index is 2210. The molecule has 2 heterocycles. The van der Waals surface area contributed by atoms with Crippen LogP contribution in [0.1, 0.15) is 92.1 Å². The van der Waals surface area contributed by atoms with Crippen LogP contribution in [-0.4, -0.2) is 70.2 Å². The highest BCUT2D eigenvalue weighted by Crippen LogP contribution is 2.57. The van der Waals surface area contributed by atoms with Crippen LogP contribution in [0.5, 0.6) is 11.6 Å². The highest BCUT2D eigenvalue weighted by atomic mass is 19.4. The Morgan fingerprint density at radius 3 is 2.30 bits per heavy atom. The van der Waals surface area contributed by atoms with Gasteiger partial charge in [0.05, 0.1) is 23.1 Å². The SMILES string of the molecule is C=CCN1CCCCC1c1cc(OCc2ccccc2)c2c(c1C(F)(F)F)CC1CC3C(N(C)C)c4onc(OCc5ccccc5)c4C(=O)C3(O)C(=O)C1C2=O. The van der Waals surface area contributed by atoms with Crippen LogP contribution >= 0.6 is 0 Å². The molecule has 2 fully saturated rings. The van der Waals surface area contributed by atoms with Gasteiger partial charge in [-0.05, 0) is 85.7 Å². The van der Waals surface area contributed by atoms with Crippen molar-refractivity contribution in [1.29, 1.82) is 0 Å². The van der Waals surface area contributed by atoms with E-state index in [0.717, 1.165) is 17.5 Å². The van der Waals surface area contributed by atoms with Crippen LogP contribution in [0.25, 0.3) is 0 Å². The van der Waals surface area contributed by atoms with Crippen LogP contribution in [0.15, 0.2) is 83.9 Å². The minimum atomic E-state index is -4.86. The van der Waals surface area contributed by atoms with E-state index in [1.54, 1.807) is 49.3 Å². The van der Waals surface area contributed by atoms with E-state index in [1.165, 1.54) is 6.07 Å². The fourth-order valence-corrected chi connectivity index (χ4v) is 9.73. The molecule has 10 nitrogen and oxygen atoms in total. The molecular formula is C44H44F3N3O7. The number of fused-ring (bicyclic) bond motifs is 4. The summed E-state index contributed by atoms with van der Waals surface area (Å²) in [5.74, 6) is -6.93. The Hall–Kier alpha value is -5.11. The van der Waals surface area contributed by atoms with Gasteiger partial charge in [0.15, 0.2) is 22.9 Å².